The Morgan fingerprint density at radius 3 is 2.61 bits per heavy atom. The number of benzene rings is 1. The lowest BCUT2D eigenvalue weighted by molar-refractivity contribution is 0.112. The van der Waals surface area contributed by atoms with Gasteiger partial charge in [0.2, 0.25) is 5.95 Å². The lowest BCUT2D eigenvalue weighted by Crippen LogP contribution is -2.27. The Labute approximate surface area is 177 Å². The fraction of sp³-hybridized carbons (Fsp3) is 0.316. The highest BCUT2D eigenvalue weighted by atomic mass is 35.5. The second-order valence-electron chi connectivity index (χ2n) is 6.05. The number of carbonyl (C=O) groups excluding carboxylic acids is 1. The highest BCUT2D eigenvalue weighted by Crippen LogP contribution is 2.40. The zero-order valence-electron chi connectivity index (χ0n) is 15.5. The van der Waals surface area contributed by atoms with E-state index in [1.54, 1.807) is 18.2 Å². The van der Waals surface area contributed by atoms with Gasteiger partial charge in [0.15, 0.2) is 6.29 Å². The van der Waals surface area contributed by atoms with Crippen LogP contribution in [0.4, 0.5) is 5.95 Å². The average Bonchev–Trinajstić information content (AvgIpc) is 3.09. The van der Waals surface area contributed by atoms with Crippen LogP contribution < -0.4 is 10.5 Å². The quantitative estimate of drug-likeness (QED) is 0.509. The van der Waals surface area contributed by atoms with Crippen LogP contribution in [0, 0.1) is 0 Å². The Bertz CT molecular complexity index is 1010. The van der Waals surface area contributed by atoms with Crippen LogP contribution in [-0.4, -0.2) is 47.4 Å². The van der Waals surface area contributed by atoms with E-state index in [4.69, 9.17) is 33.7 Å². The molecule has 9 heteroatoms. The smallest absolute Gasteiger partial charge is 0.221 e. The first-order valence-corrected chi connectivity index (χ1v) is 10.4. The molecule has 0 saturated carbocycles. The van der Waals surface area contributed by atoms with Crippen LogP contribution in [0.2, 0.25) is 10.0 Å². The van der Waals surface area contributed by atoms with Crippen molar-refractivity contribution in [1.82, 2.24) is 14.9 Å². The van der Waals surface area contributed by atoms with E-state index < -0.39 is 0 Å². The van der Waals surface area contributed by atoms with Gasteiger partial charge in [-0.25, -0.2) is 9.97 Å². The number of hydrogen-bond acceptors (Lipinski definition) is 7. The molecule has 0 aliphatic heterocycles. The van der Waals surface area contributed by atoms with Crippen LogP contribution in [-0.2, 0) is 0 Å². The Kier molecular flexibility index (Phi) is 6.72. The molecule has 2 N–H and O–H groups in total. The summed E-state index contributed by atoms with van der Waals surface area (Å²) in [5, 5.41) is 1.55. The first-order chi connectivity index (χ1) is 13.5. The summed E-state index contributed by atoms with van der Waals surface area (Å²) in [7, 11) is 0. The second-order valence-corrected chi connectivity index (χ2v) is 7.93. The first-order valence-electron chi connectivity index (χ1n) is 8.83. The Morgan fingerprint density at radius 1 is 1.18 bits per heavy atom. The van der Waals surface area contributed by atoms with E-state index in [0.717, 1.165) is 25.9 Å². The Balaban J connectivity index is 1.99. The van der Waals surface area contributed by atoms with Gasteiger partial charge in [-0.3, -0.25) is 4.79 Å². The molecule has 1 aromatic carbocycles. The van der Waals surface area contributed by atoms with Crippen LogP contribution >= 0.6 is 34.5 Å². The van der Waals surface area contributed by atoms with Gasteiger partial charge in [0.05, 0.1) is 20.6 Å². The molecule has 0 radical (unpaired) electrons. The highest BCUT2D eigenvalue weighted by Gasteiger charge is 2.17. The molecule has 0 saturated heterocycles. The number of thiophene rings is 1. The molecule has 6 nitrogen and oxygen atoms in total. The number of halogens is 2. The minimum Gasteiger partial charge on any atom is -0.491 e. The van der Waals surface area contributed by atoms with Crippen molar-refractivity contribution in [1.29, 1.82) is 0 Å². The molecule has 0 amide bonds. The maximum atomic E-state index is 11.2. The molecule has 3 aromatic rings. The minimum absolute atomic E-state index is 0.108. The number of fused-ring (bicyclic) bond motifs is 1. The van der Waals surface area contributed by atoms with E-state index in [2.05, 4.69) is 28.7 Å². The predicted octanol–water partition coefficient (Wildman–Crippen LogP) is 4.78. The van der Waals surface area contributed by atoms with E-state index in [1.807, 2.05) is 0 Å². The third kappa shape index (κ3) is 4.38. The summed E-state index contributed by atoms with van der Waals surface area (Å²) in [4.78, 5) is 23.1. The van der Waals surface area contributed by atoms with Crippen molar-refractivity contribution in [2.75, 3.05) is 32.0 Å². The molecule has 2 aromatic heterocycles. The molecule has 3 rings (SSSR count). The van der Waals surface area contributed by atoms with E-state index in [1.165, 1.54) is 11.3 Å². The zero-order valence-corrected chi connectivity index (χ0v) is 17.9. The van der Waals surface area contributed by atoms with Crippen molar-refractivity contribution in [3.63, 3.8) is 0 Å². The van der Waals surface area contributed by atoms with Gasteiger partial charge in [-0.2, -0.15) is 0 Å². The number of ether oxygens (including phenoxy) is 1. The van der Waals surface area contributed by atoms with Crippen LogP contribution in [0.3, 0.4) is 0 Å². The number of likely N-dealkylation sites (N-methyl/N-ethyl adjacent to an activating group) is 1. The molecule has 0 aliphatic rings. The van der Waals surface area contributed by atoms with Gasteiger partial charge >= 0.3 is 0 Å². The van der Waals surface area contributed by atoms with E-state index in [9.17, 15) is 4.79 Å². The molecule has 0 atom stereocenters. The average molecular weight is 439 g/mol. The number of anilines is 1. The summed E-state index contributed by atoms with van der Waals surface area (Å²) in [6.07, 6.45) is 0.775. The molecule has 0 fully saturated rings. The Morgan fingerprint density at radius 2 is 1.93 bits per heavy atom. The third-order valence-corrected chi connectivity index (χ3v) is 5.94. The van der Waals surface area contributed by atoms with Crippen molar-refractivity contribution in [3.05, 3.63) is 33.1 Å². The molecule has 0 aliphatic carbocycles. The van der Waals surface area contributed by atoms with Crippen molar-refractivity contribution in [2.45, 2.75) is 13.8 Å². The lowest BCUT2D eigenvalue weighted by Gasteiger charge is -2.19. The summed E-state index contributed by atoms with van der Waals surface area (Å²) >= 11 is 14.0. The topological polar surface area (TPSA) is 81.3 Å². The second kappa shape index (κ2) is 9.05. The molecule has 148 valence electrons. The molecule has 2 heterocycles. The summed E-state index contributed by atoms with van der Waals surface area (Å²) in [5.74, 6) is 0.626. The fourth-order valence-corrected chi connectivity index (χ4v) is 4.25. The lowest BCUT2D eigenvalue weighted by atomic mass is 10.1. The number of aromatic nitrogens is 2. The number of rotatable bonds is 8. The number of carbonyl (C=O) groups is 1. The first kappa shape index (κ1) is 20.8. The van der Waals surface area contributed by atoms with Gasteiger partial charge in [0.1, 0.15) is 17.2 Å². The van der Waals surface area contributed by atoms with Gasteiger partial charge in [0, 0.05) is 17.5 Å². The molecule has 28 heavy (non-hydrogen) atoms. The normalized spacial score (nSPS) is 11.3. The molecule has 0 spiro atoms. The van der Waals surface area contributed by atoms with E-state index >= 15 is 0 Å². The predicted molar refractivity (Wildman–Crippen MR) is 116 cm³/mol. The highest BCUT2D eigenvalue weighted by molar-refractivity contribution is 7.20. The third-order valence-electron chi connectivity index (χ3n) is 4.38. The SMILES string of the molecule is CCN(CC)CCOc1cc(-c2nc(N)nc3sc(C=O)cc23)c(Cl)cc1Cl. The number of aldehydes is 1. The van der Waals surface area contributed by atoms with Gasteiger partial charge < -0.3 is 15.4 Å². The number of nitrogens with zero attached hydrogens (tertiary/aromatic N) is 3. The maximum Gasteiger partial charge on any atom is 0.221 e. The van der Waals surface area contributed by atoms with E-state index in [-0.39, 0.29) is 5.95 Å². The van der Waals surface area contributed by atoms with Gasteiger partial charge in [-0.05, 0) is 31.3 Å². The van der Waals surface area contributed by atoms with E-state index in [0.29, 0.717) is 48.8 Å². The summed E-state index contributed by atoms with van der Waals surface area (Å²) in [6, 6.07) is 5.11. The van der Waals surface area contributed by atoms with Gasteiger partial charge in [0.25, 0.3) is 0 Å². The molecular formula is C19H20Cl2N4O2S. The number of hydrogen-bond donors (Lipinski definition) is 1. The number of nitrogen functional groups attached to an aromatic ring is 1. The van der Waals surface area contributed by atoms with Crippen LogP contribution in [0.15, 0.2) is 18.2 Å². The maximum absolute atomic E-state index is 11.2. The molecule has 0 unspecified atom stereocenters. The minimum atomic E-state index is 0.108. The van der Waals surface area contributed by atoms with Crippen LogP contribution in [0.1, 0.15) is 23.5 Å². The van der Waals surface area contributed by atoms with Crippen molar-refractivity contribution < 1.29 is 9.53 Å². The summed E-state index contributed by atoms with van der Waals surface area (Å²) in [6.45, 7) is 7.41. The molecular weight excluding hydrogens is 419 g/mol. The zero-order chi connectivity index (χ0) is 20.3. The summed E-state index contributed by atoms with van der Waals surface area (Å²) in [5.41, 5.74) is 7.03. The summed E-state index contributed by atoms with van der Waals surface area (Å²) < 4.78 is 5.90. The van der Waals surface area contributed by atoms with Gasteiger partial charge in [-0.15, -0.1) is 11.3 Å². The van der Waals surface area contributed by atoms with Crippen LogP contribution in [0.25, 0.3) is 21.5 Å². The van der Waals surface area contributed by atoms with Crippen molar-refractivity contribution >= 4 is 57.0 Å². The van der Waals surface area contributed by atoms with Crippen molar-refractivity contribution in [2.24, 2.45) is 0 Å². The standard InChI is InChI=1S/C19H20Cl2N4O2S/c1-3-25(4-2)5-6-27-16-8-12(14(20)9-15(16)21)17-13-7-11(10-26)28-18(13)24-19(22)23-17/h7-10H,3-6H2,1-2H3,(H2,22,23,24). The van der Waals surface area contributed by atoms with Crippen molar-refractivity contribution in [3.8, 4) is 17.0 Å². The number of nitrogens with two attached hydrogens (primary N) is 1. The van der Waals surface area contributed by atoms with Gasteiger partial charge in [-0.1, -0.05) is 37.0 Å². The molecule has 0 bridgehead atoms. The van der Waals surface area contributed by atoms with Crippen LogP contribution in [0.5, 0.6) is 5.75 Å². The fourth-order valence-electron chi connectivity index (χ4n) is 2.87. The monoisotopic (exact) mass is 438 g/mol. The largest absolute Gasteiger partial charge is 0.491 e. The Hall–Kier alpha value is -1.93.